The Kier molecular flexibility index (Phi) is 4.51. The maximum absolute atomic E-state index is 11.8. The predicted octanol–water partition coefficient (Wildman–Crippen LogP) is 1.95. The van der Waals surface area contributed by atoms with E-state index in [0.717, 1.165) is 16.7 Å². The van der Waals surface area contributed by atoms with Crippen molar-refractivity contribution in [3.63, 3.8) is 0 Å². The molecule has 1 heterocycles. The predicted molar refractivity (Wildman–Crippen MR) is 78.7 cm³/mol. The van der Waals surface area contributed by atoms with Crippen LogP contribution in [0.2, 0.25) is 5.02 Å². The first-order valence-electron chi connectivity index (χ1n) is 5.79. The lowest BCUT2D eigenvalue weighted by Gasteiger charge is -2.13. The van der Waals surface area contributed by atoms with Crippen molar-refractivity contribution in [1.82, 2.24) is 4.90 Å². The van der Waals surface area contributed by atoms with Crippen LogP contribution in [0.15, 0.2) is 18.2 Å². The molecular formula is C12H12ClN3O3S. The van der Waals surface area contributed by atoms with Gasteiger partial charge in [0.2, 0.25) is 11.8 Å². The van der Waals surface area contributed by atoms with Crippen LogP contribution in [-0.4, -0.2) is 34.3 Å². The zero-order valence-corrected chi connectivity index (χ0v) is 12.0. The molecule has 1 aromatic carbocycles. The highest BCUT2D eigenvalue weighted by Crippen LogP contribution is 2.23. The minimum Gasteiger partial charge on any atom is -0.397 e. The number of nitrogens with zero attached hydrogens (tertiary/aromatic N) is 1. The molecule has 0 saturated carbocycles. The number of hydrogen-bond acceptors (Lipinski definition) is 5. The topological polar surface area (TPSA) is 92.5 Å². The number of nitrogens with two attached hydrogens (primary N) is 1. The minimum absolute atomic E-state index is 0.0179. The first-order chi connectivity index (χ1) is 9.47. The fourth-order valence-electron chi connectivity index (χ4n) is 1.66. The summed E-state index contributed by atoms with van der Waals surface area (Å²) < 4.78 is 0. The molecule has 20 heavy (non-hydrogen) atoms. The molecule has 0 aliphatic carbocycles. The van der Waals surface area contributed by atoms with Gasteiger partial charge in [-0.2, -0.15) is 0 Å². The summed E-state index contributed by atoms with van der Waals surface area (Å²) in [6, 6.07) is 4.74. The Bertz CT molecular complexity index is 563. The van der Waals surface area contributed by atoms with Crippen molar-refractivity contribution >= 4 is 51.8 Å². The summed E-state index contributed by atoms with van der Waals surface area (Å²) in [6.07, 6.45) is 0.0179. The molecule has 0 bridgehead atoms. The Morgan fingerprint density at radius 1 is 1.45 bits per heavy atom. The van der Waals surface area contributed by atoms with Crippen LogP contribution in [0.4, 0.5) is 16.2 Å². The number of halogens is 1. The molecule has 6 nitrogen and oxygen atoms in total. The summed E-state index contributed by atoms with van der Waals surface area (Å²) in [7, 11) is 0. The smallest absolute Gasteiger partial charge is 0.288 e. The van der Waals surface area contributed by atoms with Crippen molar-refractivity contribution in [1.29, 1.82) is 0 Å². The van der Waals surface area contributed by atoms with E-state index in [4.69, 9.17) is 17.3 Å². The highest BCUT2D eigenvalue weighted by atomic mass is 35.5. The standard InChI is InChI=1S/C12H12ClN3O3S/c13-7-1-2-8(14)9(5-7)15-10(17)3-4-16-11(18)6-20-12(16)19/h1-2,5H,3-4,6,14H2,(H,15,17). The third kappa shape index (κ3) is 3.43. The molecule has 1 fully saturated rings. The van der Waals surface area contributed by atoms with E-state index in [-0.39, 0.29) is 35.8 Å². The maximum Gasteiger partial charge on any atom is 0.288 e. The number of anilines is 2. The second-order valence-corrected chi connectivity index (χ2v) is 5.49. The number of thioether (sulfide) groups is 1. The zero-order chi connectivity index (χ0) is 14.7. The molecule has 106 valence electrons. The number of carbonyl (C=O) groups excluding carboxylic acids is 3. The van der Waals surface area contributed by atoms with Crippen molar-refractivity contribution in [2.75, 3.05) is 23.3 Å². The number of nitrogens with one attached hydrogen (secondary N) is 1. The van der Waals surface area contributed by atoms with Gasteiger partial charge in [-0.1, -0.05) is 23.4 Å². The van der Waals surface area contributed by atoms with Crippen LogP contribution in [0.1, 0.15) is 6.42 Å². The van der Waals surface area contributed by atoms with Crippen molar-refractivity contribution in [2.24, 2.45) is 0 Å². The number of rotatable bonds is 4. The molecule has 1 aliphatic heterocycles. The quantitative estimate of drug-likeness (QED) is 0.829. The van der Waals surface area contributed by atoms with Crippen molar-refractivity contribution in [3.05, 3.63) is 23.2 Å². The highest BCUT2D eigenvalue weighted by Gasteiger charge is 2.29. The molecule has 0 spiro atoms. The summed E-state index contributed by atoms with van der Waals surface area (Å²) in [5.41, 5.74) is 6.51. The molecule has 2 rings (SSSR count). The van der Waals surface area contributed by atoms with E-state index in [1.165, 1.54) is 6.07 Å². The maximum atomic E-state index is 11.8. The second-order valence-electron chi connectivity index (χ2n) is 4.13. The summed E-state index contributed by atoms with van der Waals surface area (Å²) in [4.78, 5) is 35.6. The van der Waals surface area contributed by atoms with Gasteiger partial charge in [-0.05, 0) is 18.2 Å². The van der Waals surface area contributed by atoms with E-state index in [2.05, 4.69) is 5.32 Å². The normalized spacial score (nSPS) is 14.8. The summed E-state index contributed by atoms with van der Waals surface area (Å²) in [6.45, 7) is 0.0664. The molecule has 3 amide bonds. The zero-order valence-electron chi connectivity index (χ0n) is 10.4. The van der Waals surface area contributed by atoms with Gasteiger partial charge in [0.15, 0.2) is 0 Å². The lowest BCUT2D eigenvalue weighted by Crippen LogP contribution is -2.32. The SMILES string of the molecule is Nc1ccc(Cl)cc1NC(=O)CCN1C(=O)CSC1=O. The molecular weight excluding hydrogens is 302 g/mol. The van der Waals surface area contributed by atoms with Gasteiger partial charge in [-0.25, -0.2) is 0 Å². The number of amides is 3. The van der Waals surface area contributed by atoms with Gasteiger partial charge >= 0.3 is 0 Å². The Balaban J connectivity index is 1.91. The summed E-state index contributed by atoms with van der Waals surface area (Å²) in [5.74, 6) is -0.464. The van der Waals surface area contributed by atoms with E-state index in [1.807, 2.05) is 0 Å². The molecule has 1 aromatic rings. The molecule has 0 atom stereocenters. The monoisotopic (exact) mass is 313 g/mol. The van der Waals surface area contributed by atoms with E-state index in [0.29, 0.717) is 16.4 Å². The van der Waals surface area contributed by atoms with E-state index >= 15 is 0 Å². The van der Waals surface area contributed by atoms with Crippen LogP contribution < -0.4 is 11.1 Å². The molecule has 1 saturated heterocycles. The average Bonchev–Trinajstić information content (AvgIpc) is 2.71. The van der Waals surface area contributed by atoms with Crippen LogP contribution in [0.25, 0.3) is 0 Å². The van der Waals surface area contributed by atoms with E-state index in [9.17, 15) is 14.4 Å². The number of hydrogen-bond donors (Lipinski definition) is 2. The molecule has 8 heteroatoms. The van der Waals surface area contributed by atoms with Crippen LogP contribution in [0, 0.1) is 0 Å². The Morgan fingerprint density at radius 2 is 2.20 bits per heavy atom. The van der Waals surface area contributed by atoms with E-state index < -0.39 is 0 Å². The van der Waals surface area contributed by atoms with E-state index in [1.54, 1.807) is 12.1 Å². The molecule has 3 N–H and O–H groups in total. The summed E-state index contributed by atoms with van der Waals surface area (Å²) >= 11 is 6.75. The fraction of sp³-hybridized carbons (Fsp3) is 0.250. The largest absolute Gasteiger partial charge is 0.397 e. The van der Waals surface area contributed by atoms with Crippen LogP contribution in [-0.2, 0) is 9.59 Å². The van der Waals surface area contributed by atoms with Gasteiger partial charge in [-0.15, -0.1) is 0 Å². The second kappa shape index (κ2) is 6.15. The van der Waals surface area contributed by atoms with Gasteiger partial charge in [0, 0.05) is 18.0 Å². The average molecular weight is 314 g/mol. The Hall–Kier alpha value is -1.73. The molecule has 0 aromatic heterocycles. The van der Waals surface area contributed by atoms with Crippen LogP contribution >= 0.6 is 23.4 Å². The Labute approximate surface area is 124 Å². The van der Waals surface area contributed by atoms with Crippen molar-refractivity contribution < 1.29 is 14.4 Å². The lowest BCUT2D eigenvalue weighted by molar-refractivity contribution is -0.125. The third-order valence-electron chi connectivity index (χ3n) is 2.69. The molecule has 1 aliphatic rings. The lowest BCUT2D eigenvalue weighted by atomic mass is 10.2. The van der Waals surface area contributed by atoms with Crippen molar-refractivity contribution in [2.45, 2.75) is 6.42 Å². The molecule has 0 unspecified atom stereocenters. The first kappa shape index (κ1) is 14.7. The van der Waals surface area contributed by atoms with Gasteiger partial charge in [0.05, 0.1) is 17.1 Å². The molecule has 0 radical (unpaired) electrons. The number of imide groups is 1. The number of benzene rings is 1. The van der Waals surface area contributed by atoms with Crippen LogP contribution in [0.3, 0.4) is 0 Å². The van der Waals surface area contributed by atoms with Gasteiger partial charge in [-0.3, -0.25) is 19.3 Å². The Morgan fingerprint density at radius 3 is 2.85 bits per heavy atom. The minimum atomic E-state index is -0.337. The number of nitrogen functional groups attached to an aromatic ring is 1. The highest BCUT2D eigenvalue weighted by molar-refractivity contribution is 8.14. The fourth-order valence-corrected chi connectivity index (χ4v) is 2.58. The summed E-state index contributed by atoms with van der Waals surface area (Å²) in [5, 5.41) is 2.74. The van der Waals surface area contributed by atoms with Gasteiger partial charge in [0.25, 0.3) is 5.24 Å². The van der Waals surface area contributed by atoms with Crippen molar-refractivity contribution in [3.8, 4) is 0 Å². The third-order valence-corrected chi connectivity index (χ3v) is 3.79. The number of carbonyl (C=O) groups is 3. The van der Waals surface area contributed by atoms with Gasteiger partial charge in [0.1, 0.15) is 0 Å². The van der Waals surface area contributed by atoms with Gasteiger partial charge < -0.3 is 11.1 Å². The first-order valence-corrected chi connectivity index (χ1v) is 7.15. The van der Waals surface area contributed by atoms with Crippen LogP contribution in [0.5, 0.6) is 0 Å².